The van der Waals surface area contributed by atoms with Crippen molar-refractivity contribution in [2.24, 2.45) is 5.73 Å². The van der Waals surface area contributed by atoms with Crippen LogP contribution in [-0.2, 0) is 20.7 Å². The van der Waals surface area contributed by atoms with Crippen LogP contribution in [0.15, 0.2) is 47.7 Å². The van der Waals surface area contributed by atoms with Crippen molar-refractivity contribution in [3.05, 3.63) is 59.1 Å². The van der Waals surface area contributed by atoms with Gasteiger partial charge in [-0.2, -0.15) is 0 Å². The molecule has 1 aromatic carbocycles. The van der Waals surface area contributed by atoms with E-state index in [9.17, 15) is 18.8 Å². The van der Waals surface area contributed by atoms with Crippen LogP contribution in [-0.4, -0.2) is 52.4 Å². The Hall–Kier alpha value is -3.60. The number of nitrogens with zero attached hydrogens (tertiary/aromatic N) is 2. The number of halogens is 1. The van der Waals surface area contributed by atoms with Gasteiger partial charge in [0.05, 0.1) is 0 Å². The van der Waals surface area contributed by atoms with E-state index < -0.39 is 11.7 Å². The Balaban J connectivity index is 0.000000689. The highest BCUT2D eigenvalue weighted by Crippen LogP contribution is 2.27. The summed E-state index contributed by atoms with van der Waals surface area (Å²) in [7, 11) is 0. The first-order valence-corrected chi connectivity index (χ1v) is 13.9. The maximum atomic E-state index is 13.8. The second kappa shape index (κ2) is 17.2. The third-order valence-electron chi connectivity index (χ3n) is 6.61. The third-order valence-corrected chi connectivity index (χ3v) is 6.61. The second-order valence-corrected chi connectivity index (χ2v) is 10.9. The van der Waals surface area contributed by atoms with Gasteiger partial charge in [-0.1, -0.05) is 24.3 Å². The van der Waals surface area contributed by atoms with Crippen molar-refractivity contribution in [1.82, 2.24) is 9.80 Å². The van der Waals surface area contributed by atoms with Crippen molar-refractivity contribution in [3.63, 3.8) is 0 Å². The molecule has 7 nitrogen and oxygen atoms in total. The van der Waals surface area contributed by atoms with Crippen LogP contribution >= 0.6 is 0 Å². The van der Waals surface area contributed by atoms with E-state index in [4.69, 9.17) is 5.73 Å². The molecule has 3 rings (SSSR count). The number of ether oxygens (including phenoxy) is 1. The molecule has 2 heterocycles. The maximum Gasteiger partial charge on any atom is 0.405 e. The molecule has 2 N–H and O–H groups in total. The van der Waals surface area contributed by atoms with Crippen molar-refractivity contribution in [1.29, 1.82) is 0 Å². The number of primary amides is 1. The highest BCUT2D eigenvalue weighted by molar-refractivity contribution is 5.81. The normalized spacial score (nSPS) is 17.5. The van der Waals surface area contributed by atoms with E-state index in [1.54, 1.807) is 32.9 Å². The number of rotatable bonds is 7. The first-order valence-electron chi connectivity index (χ1n) is 13.9. The molecule has 40 heavy (non-hydrogen) atoms. The lowest BCUT2D eigenvalue weighted by Crippen LogP contribution is -2.50. The van der Waals surface area contributed by atoms with Crippen molar-refractivity contribution in [2.75, 3.05) is 13.1 Å². The number of piperidine rings is 1. The number of hydrogen-bond acceptors (Lipinski definition) is 4. The number of hydrogen-bond donors (Lipinski definition) is 1. The average Bonchev–Trinajstić information content (AvgIpc) is 2.89. The maximum absolute atomic E-state index is 13.8. The van der Waals surface area contributed by atoms with Gasteiger partial charge in [0.15, 0.2) is 0 Å². The summed E-state index contributed by atoms with van der Waals surface area (Å²) < 4.78 is 18.4. The number of carbonyl (C=O) groups is 3. The van der Waals surface area contributed by atoms with E-state index in [1.165, 1.54) is 11.6 Å². The van der Waals surface area contributed by atoms with E-state index in [-0.39, 0.29) is 23.7 Å². The molecule has 220 valence electrons. The second-order valence-electron chi connectivity index (χ2n) is 10.9. The molecular formula is C32H46FN3O4. The molecule has 2 aliphatic heterocycles. The zero-order valence-electron chi connectivity index (χ0n) is 24.7. The summed E-state index contributed by atoms with van der Waals surface area (Å²) in [5, 5.41) is 0. The average molecular weight is 556 g/mol. The topological polar surface area (TPSA) is 92.9 Å². The molecule has 0 radical (unpaired) electrons. The Labute approximate surface area is 239 Å². The van der Waals surface area contributed by atoms with Crippen LogP contribution in [0.3, 0.4) is 0 Å². The molecular weight excluding hydrogens is 509 g/mol. The molecule has 0 bridgehead atoms. The highest BCUT2D eigenvalue weighted by Gasteiger charge is 2.32. The molecule has 2 aliphatic rings. The van der Waals surface area contributed by atoms with Crippen LogP contribution in [0, 0.1) is 18.7 Å². The SMILES string of the molecule is C#C.C/C=C\C1=C(C)CCC(=O)N1CC1CCCCN1C(=O)CCCc1ccccc1F.CC(C)(C)OC(N)=O. The summed E-state index contributed by atoms with van der Waals surface area (Å²) in [5.74, 6) is 0.0584. The zero-order valence-corrected chi connectivity index (χ0v) is 24.7. The number of amides is 3. The smallest absolute Gasteiger partial charge is 0.405 e. The molecule has 1 unspecified atom stereocenters. The predicted octanol–water partition coefficient (Wildman–Crippen LogP) is 6.13. The fourth-order valence-electron chi connectivity index (χ4n) is 4.82. The molecule has 1 atom stereocenters. The number of allylic oxidation sites excluding steroid dienone is 3. The lowest BCUT2D eigenvalue weighted by molar-refractivity contribution is -0.138. The molecule has 1 aromatic rings. The first-order chi connectivity index (χ1) is 18.9. The van der Waals surface area contributed by atoms with Gasteiger partial charge in [0.25, 0.3) is 0 Å². The zero-order chi connectivity index (χ0) is 30.3. The summed E-state index contributed by atoms with van der Waals surface area (Å²) in [4.78, 5) is 39.5. The fraction of sp³-hybridized carbons (Fsp3) is 0.531. The summed E-state index contributed by atoms with van der Waals surface area (Å²) in [6, 6.07) is 6.81. The number of carbonyl (C=O) groups excluding carboxylic acids is 3. The van der Waals surface area contributed by atoms with Gasteiger partial charge in [0.1, 0.15) is 11.4 Å². The Morgan fingerprint density at radius 1 is 1.18 bits per heavy atom. The number of benzene rings is 1. The van der Waals surface area contributed by atoms with Gasteiger partial charge in [0, 0.05) is 37.7 Å². The van der Waals surface area contributed by atoms with Gasteiger partial charge < -0.3 is 20.3 Å². The third kappa shape index (κ3) is 11.6. The molecule has 0 aliphatic carbocycles. The van der Waals surface area contributed by atoms with Gasteiger partial charge in [-0.3, -0.25) is 9.59 Å². The Bertz CT molecular complexity index is 1070. The van der Waals surface area contributed by atoms with E-state index in [2.05, 4.69) is 24.5 Å². The van der Waals surface area contributed by atoms with E-state index in [1.807, 2.05) is 34.9 Å². The standard InChI is InChI=1S/C25H33FN2O2.C5H11NO2.C2H2/c1-3-9-23-19(2)15-16-25(30)28(23)18-21-12-6-7-17-27(21)24(29)14-8-11-20-10-4-5-13-22(20)26;1-5(2,3)8-4(6)7;1-2/h3-5,9-10,13,21H,6-8,11-12,14-18H2,1-2H3;1-3H3,(H2,6,7);1-2H/b9-3-;;. The van der Waals surface area contributed by atoms with Crippen LogP contribution in [0.4, 0.5) is 9.18 Å². The van der Waals surface area contributed by atoms with Gasteiger partial charge in [-0.05, 0) is 96.4 Å². The molecule has 0 saturated carbocycles. The quantitative estimate of drug-likeness (QED) is 0.410. The summed E-state index contributed by atoms with van der Waals surface area (Å²) in [5.41, 5.74) is 7.15. The van der Waals surface area contributed by atoms with Crippen molar-refractivity contribution >= 4 is 17.9 Å². The van der Waals surface area contributed by atoms with Crippen LogP contribution < -0.4 is 5.73 Å². The number of terminal acetylenes is 1. The minimum Gasteiger partial charge on any atom is -0.444 e. The molecule has 0 spiro atoms. The van der Waals surface area contributed by atoms with Crippen LogP contribution in [0.2, 0.25) is 0 Å². The molecule has 0 aromatic heterocycles. The Kier molecular flexibility index (Phi) is 14.8. The highest BCUT2D eigenvalue weighted by atomic mass is 19.1. The van der Waals surface area contributed by atoms with Crippen LogP contribution in [0.5, 0.6) is 0 Å². The minimum absolute atomic E-state index is 0.0508. The Morgan fingerprint density at radius 3 is 2.42 bits per heavy atom. The van der Waals surface area contributed by atoms with Gasteiger partial charge >= 0.3 is 6.09 Å². The molecule has 3 amide bonds. The first kappa shape index (κ1) is 34.4. The summed E-state index contributed by atoms with van der Waals surface area (Å²) in [6.07, 6.45) is 17.2. The molecule has 8 heteroatoms. The van der Waals surface area contributed by atoms with Gasteiger partial charge in [-0.25, -0.2) is 9.18 Å². The number of likely N-dealkylation sites (tertiary alicyclic amines) is 1. The van der Waals surface area contributed by atoms with Crippen molar-refractivity contribution < 1.29 is 23.5 Å². The lowest BCUT2D eigenvalue weighted by Gasteiger charge is -2.40. The largest absolute Gasteiger partial charge is 0.444 e. The monoisotopic (exact) mass is 555 g/mol. The van der Waals surface area contributed by atoms with Gasteiger partial charge in [0.2, 0.25) is 11.8 Å². The van der Waals surface area contributed by atoms with E-state index in [0.29, 0.717) is 37.8 Å². The van der Waals surface area contributed by atoms with Crippen LogP contribution in [0.25, 0.3) is 0 Å². The van der Waals surface area contributed by atoms with Gasteiger partial charge in [-0.15, -0.1) is 12.8 Å². The van der Waals surface area contributed by atoms with Crippen molar-refractivity contribution in [3.8, 4) is 12.8 Å². The fourth-order valence-corrected chi connectivity index (χ4v) is 4.82. The van der Waals surface area contributed by atoms with E-state index in [0.717, 1.165) is 37.9 Å². The molecule has 1 saturated heterocycles. The van der Waals surface area contributed by atoms with Crippen LogP contribution in [0.1, 0.15) is 85.1 Å². The van der Waals surface area contributed by atoms with E-state index >= 15 is 0 Å². The van der Waals surface area contributed by atoms with Crippen molar-refractivity contribution in [2.45, 2.75) is 97.6 Å². The summed E-state index contributed by atoms with van der Waals surface area (Å²) in [6.45, 7) is 10.6. The Morgan fingerprint density at radius 2 is 1.85 bits per heavy atom. The lowest BCUT2D eigenvalue weighted by atomic mass is 9.97. The number of nitrogens with two attached hydrogens (primary N) is 1. The summed E-state index contributed by atoms with van der Waals surface area (Å²) >= 11 is 0. The predicted molar refractivity (Wildman–Crippen MR) is 157 cm³/mol. The number of aryl methyl sites for hydroxylation is 1. The minimum atomic E-state index is -0.725. The molecule has 1 fully saturated rings.